The second kappa shape index (κ2) is 8.93. The Morgan fingerprint density at radius 2 is 1.73 bits per heavy atom. The van der Waals surface area contributed by atoms with Gasteiger partial charge in [0.05, 0.1) is 10.6 Å². The number of thiazole rings is 1. The van der Waals surface area contributed by atoms with Crippen molar-refractivity contribution >= 4 is 38.1 Å². The van der Waals surface area contributed by atoms with Gasteiger partial charge >= 0.3 is 0 Å². The lowest BCUT2D eigenvalue weighted by molar-refractivity contribution is -0.116. The molecule has 0 bridgehead atoms. The average Bonchev–Trinajstić information content (AvgIpc) is 3.10. The van der Waals surface area contributed by atoms with Crippen LogP contribution in [0.2, 0.25) is 0 Å². The Labute approximate surface area is 179 Å². The molecule has 1 amide bonds. The number of nitrogens with zero attached hydrogens (tertiary/aromatic N) is 1. The summed E-state index contributed by atoms with van der Waals surface area (Å²) in [4.78, 5) is 16.5. The molecule has 6 nitrogen and oxygen atoms in total. The number of carbonyl (C=O) groups excluding carboxylic acids is 1. The Morgan fingerprint density at radius 3 is 2.37 bits per heavy atom. The number of hydrogen-bond acceptors (Lipinski definition) is 5. The molecule has 0 atom stereocenters. The summed E-state index contributed by atoms with van der Waals surface area (Å²) in [5.41, 5.74) is 4.58. The highest BCUT2D eigenvalue weighted by Gasteiger charge is 2.17. The molecule has 0 aliphatic rings. The third-order valence-corrected chi connectivity index (χ3v) is 6.74. The summed E-state index contributed by atoms with van der Waals surface area (Å²) in [6.07, 6.45) is 0.602. The van der Waals surface area contributed by atoms with Crippen molar-refractivity contribution in [2.75, 3.05) is 10.0 Å². The zero-order valence-electron chi connectivity index (χ0n) is 16.8. The molecule has 0 radical (unpaired) electrons. The molecule has 3 rings (SSSR count). The highest BCUT2D eigenvalue weighted by molar-refractivity contribution is 7.93. The quantitative estimate of drug-likeness (QED) is 0.555. The predicted octanol–water partition coefficient (Wildman–Crippen LogP) is 4.58. The predicted molar refractivity (Wildman–Crippen MR) is 117 cm³/mol. The first-order valence-electron chi connectivity index (χ1n) is 9.24. The van der Waals surface area contributed by atoms with Crippen LogP contribution in [0.25, 0.3) is 0 Å². The van der Waals surface area contributed by atoms with E-state index in [1.165, 1.54) is 12.1 Å². The largest absolute Gasteiger partial charge is 0.326 e. The molecule has 1 aromatic heterocycles. The van der Waals surface area contributed by atoms with E-state index in [2.05, 4.69) is 15.0 Å². The lowest BCUT2D eigenvalue weighted by atomic mass is 10.0. The van der Waals surface area contributed by atoms with Crippen molar-refractivity contribution in [3.05, 3.63) is 70.0 Å². The van der Waals surface area contributed by atoms with Crippen molar-refractivity contribution < 1.29 is 17.6 Å². The Kier molecular flexibility index (Phi) is 6.52. The van der Waals surface area contributed by atoms with E-state index in [9.17, 15) is 17.6 Å². The maximum atomic E-state index is 13.0. The van der Waals surface area contributed by atoms with Crippen molar-refractivity contribution in [3.8, 4) is 0 Å². The molecular formula is C21H22FN3O3S2. The van der Waals surface area contributed by atoms with E-state index in [4.69, 9.17) is 0 Å². The molecule has 2 N–H and O–H groups in total. The number of aryl methyl sites for hydroxylation is 4. The first kappa shape index (κ1) is 21.9. The Bertz CT molecular complexity index is 1150. The molecule has 0 fully saturated rings. The van der Waals surface area contributed by atoms with Gasteiger partial charge in [0.1, 0.15) is 5.82 Å². The molecule has 1 heterocycles. The van der Waals surface area contributed by atoms with Crippen molar-refractivity contribution in [2.45, 2.75) is 38.5 Å². The van der Waals surface area contributed by atoms with Crippen LogP contribution in [0.5, 0.6) is 0 Å². The average molecular weight is 448 g/mol. The monoisotopic (exact) mass is 447 g/mol. The smallest absolute Gasteiger partial charge is 0.263 e. The fraction of sp³-hybridized carbons (Fsp3) is 0.238. The molecule has 2 aromatic carbocycles. The fourth-order valence-electron chi connectivity index (χ4n) is 3.08. The van der Waals surface area contributed by atoms with Gasteiger partial charge in [-0.25, -0.2) is 17.8 Å². The Morgan fingerprint density at radius 1 is 1.10 bits per heavy atom. The van der Waals surface area contributed by atoms with Crippen molar-refractivity contribution in [2.24, 2.45) is 0 Å². The van der Waals surface area contributed by atoms with Crippen LogP contribution in [0.15, 0.2) is 46.7 Å². The molecule has 3 aromatic rings. The van der Waals surface area contributed by atoms with E-state index in [1.54, 1.807) is 5.38 Å². The third-order valence-electron chi connectivity index (χ3n) is 4.45. The lowest BCUT2D eigenvalue weighted by Crippen LogP contribution is -2.15. The van der Waals surface area contributed by atoms with Gasteiger partial charge in [0, 0.05) is 17.5 Å². The number of amides is 1. The fourth-order valence-corrected chi connectivity index (χ4v) is 5.07. The van der Waals surface area contributed by atoms with Gasteiger partial charge in [-0.3, -0.25) is 9.52 Å². The molecule has 0 aliphatic heterocycles. The number of carbonyl (C=O) groups is 1. The lowest BCUT2D eigenvalue weighted by Gasteiger charge is -2.12. The molecular weight excluding hydrogens is 425 g/mol. The summed E-state index contributed by atoms with van der Waals surface area (Å²) in [5.74, 6) is -0.647. The summed E-state index contributed by atoms with van der Waals surface area (Å²) < 4.78 is 40.1. The maximum Gasteiger partial charge on any atom is 0.263 e. The van der Waals surface area contributed by atoms with Crippen molar-refractivity contribution in [1.29, 1.82) is 0 Å². The Balaban J connectivity index is 1.59. The zero-order chi connectivity index (χ0) is 21.9. The van der Waals surface area contributed by atoms with E-state index < -0.39 is 15.8 Å². The van der Waals surface area contributed by atoms with Gasteiger partial charge in [-0.1, -0.05) is 17.7 Å². The maximum absolute atomic E-state index is 13.0. The van der Waals surface area contributed by atoms with Crippen LogP contribution in [-0.2, 0) is 21.2 Å². The highest BCUT2D eigenvalue weighted by atomic mass is 32.2. The van der Waals surface area contributed by atoms with Gasteiger partial charge in [0.15, 0.2) is 5.13 Å². The molecule has 158 valence electrons. The van der Waals surface area contributed by atoms with Gasteiger partial charge in [-0.15, -0.1) is 11.3 Å². The molecule has 0 spiro atoms. The molecule has 9 heteroatoms. The minimum Gasteiger partial charge on any atom is -0.326 e. The molecule has 0 saturated heterocycles. The Hall–Kier alpha value is -2.78. The van der Waals surface area contributed by atoms with E-state index in [0.717, 1.165) is 45.8 Å². The van der Waals surface area contributed by atoms with Crippen LogP contribution in [-0.4, -0.2) is 19.3 Å². The second-order valence-corrected chi connectivity index (χ2v) is 9.57. The summed E-state index contributed by atoms with van der Waals surface area (Å²) in [5, 5.41) is 4.84. The van der Waals surface area contributed by atoms with Gasteiger partial charge in [-0.2, -0.15) is 0 Å². The molecule has 30 heavy (non-hydrogen) atoms. The SMILES string of the molecule is Cc1cc(C)c(NC(=O)CCc2csc(NS(=O)(=O)c3ccc(F)cc3)n2)c(C)c1. The first-order chi connectivity index (χ1) is 14.1. The molecule has 0 saturated carbocycles. The van der Waals surface area contributed by atoms with Crippen molar-refractivity contribution in [3.63, 3.8) is 0 Å². The van der Waals surface area contributed by atoms with E-state index in [0.29, 0.717) is 12.1 Å². The number of anilines is 2. The summed E-state index contributed by atoms with van der Waals surface area (Å²) in [6.45, 7) is 5.92. The van der Waals surface area contributed by atoms with E-state index >= 15 is 0 Å². The van der Waals surface area contributed by atoms with Crippen LogP contribution >= 0.6 is 11.3 Å². The number of sulfonamides is 1. The van der Waals surface area contributed by atoms with Crippen LogP contribution in [0.4, 0.5) is 15.2 Å². The highest BCUT2D eigenvalue weighted by Crippen LogP contribution is 2.23. The zero-order valence-corrected chi connectivity index (χ0v) is 18.5. The minimum atomic E-state index is -3.85. The number of halogens is 1. The van der Waals surface area contributed by atoms with Gasteiger partial charge in [0.25, 0.3) is 10.0 Å². The van der Waals surface area contributed by atoms with Crippen molar-refractivity contribution in [1.82, 2.24) is 4.98 Å². The van der Waals surface area contributed by atoms with Gasteiger partial charge in [-0.05, 0) is 62.6 Å². The summed E-state index contributed by atoms with van der Waals surface area (Å²) >= 11 is 1.13. The normalized spacial score (nSPS) is 11.3. The first-order valence-corrected chi connectivity index (χ1v) is 11.6. The van der Waals surface area contributed by atoms with Gasteiger partial charge < -0.3 is 5.32 Å². The van der Waals surface area contributed by atoms with Crippen LogP contribution < -0.4 is 10.0 Å². The van der Waals surface area contributed by atoms with Crippen LogP contribution in [0.3, 0.4) is 0 Å². The molecule has 0 aliphatic carbocycles. The second-order valence-electron chi connectivity index (χ2n) is 7.03. The third kappa shape index (κ3) is 5.43. The van der Waals surface area contributed by atoms with Crippen LogP contribution in [0, 0.1) is 26.6 Å². The number of benzene rings is 2. The standard InChI is InChI=1S/C21H22FN3O3S2/c1-13-10-14(2)20(15(3)11-13)24-19(26)9-6-17-12-29-21(23-17)25-30(27,28)18-7-4-16(22)5-8-18/h4-5,7-8,10-12H,6,9H2,1-3H3,(H,23,25)(H,24,26). The van der Waals surface area contributed by atoms with E-state index in [1.807, 2.05) is 32.9 Å². The van der Waals surface area contributed by atoms with Crippen LogP contribution in [0.1, 0.15) is 28.8 Å². The minimum absolute atomic E-state index is 0.0520. The number of hydrogen-bond donors (Lipinski definition) is 2. The number of aromatic nitrogens is 1. The number of nitrogens with one attached hydrogen (secondary N) is 2. The number of rotatable bonds is 7. The summed E-state index contributed by atoms with van der Waals surface area (Å²) in [7, 11) is -3.85. The summed E-state index contributed by atoms with van der Waals surface area (Å²) in [6, 6.07) is 8.57. The topological polar surface area (TPSA) is 88.2 Å². The van der Waals surface area contributed by atoms with Gasteiger partial charge in [0.2, 0.25) is 5.91 Å². The van der Waals surface area contributed by atoms with E-state index in [-0.39, 0.29) is 22.4 Å². The molecule has 0 unspecified atom stereocenters.